The van der Waals surface area contributed by atoms with Crippen LogP contribution in [-0.2, 0) is 11.2 Å². The lowest BCUT2D eigenvalue weighted by Crippen LogP contribution is -2.16. The van der Waals surface area contributed by atoms with Crippen molar-refractivity contribution in [1.82, 2.24) is 0 Å². The summed E-state index contributed by atoms with van der Waals surface area (Å²) in [5.74, 6) is 0.565. The minimum atomic E-state index is -0.322. The second-order valence-corrected chi connectivity index (χ2v) is 7.30. The van der Waals surface area contributed by atoms with Gasteiger partial charge in [0.15, 0.2) is 0 Å². The van der Waals surface area contributed by atoms with Gasteiger partial charge in [0.2, 0.25) is 0 Å². The highest BCUT2D eigenvalue weighted by molar-refractivity contribution is 5.80. The number of carbonyl (C=O) groups is 1. The number of hydrogen-bond acceptors (Lipinski definition) is 2. The van der Waals surface area contributed by atoms with Crippen LogP contribution in [0.25, 0.3) is 11.1 Å². The molecule has 0 N–H and O–H groups in total. The van der Waals surface area contributed by atoms with Crippen LogP contribution < -0.4 is 4.74 Å². The van der Waals surface area contributed by atoms with E-state index in [4.69, 9.17) is 6.11 Å². The lowest BCUT2D eigenvalue weighted by molar-refractivity contribution is -0.135. The molecule has 2 nitrogen and oxygen atoms in total. The Hall–Kier alpha value is -2.87. The predicted molar refractivity (Wildman–Crippen MR) is 111 cm³/mol. The summed E-state index contributed by atoms with van der Waals surface area (Å²) in [6.45, 7) is 6.27. The molecule has 3 rings (SSSR count). The number of rotatable bonds is 6. The summed E-state index contributed by atoms with van der Waals surface area (Å²) in [6, 6.07) is 23.5. The zero-order valence-corrected chi connectivity index (χ0v) is 16.1. The summed E-state index contributed by atoms with van der Waals surface area (Å²) in [5.41, 5.74) is 4.30. The van der Waals surface area contributed by atoms with Gasteiger partial charge in [-0.15, -0.1) is 0 Å². The van der Waals surface area contributed by atoms with Crippen molar-refractivity contribution in [2.75, 3.05) is 0 Å². The van der Waals surface area contributed by atoms with Crippen molar-refractivity contribution >= 4 is 5.97 Å². The van der Waals surface area contributed by atoms with Gasteiger partial charge in [-0.1, -0.05) is 80.6 Å². The summed E-state index contributed by atoms with van der Waals surface area (Å²) in [4.78, 5) is 12.5. The van der Waals surface area contributed by atoms with Gasteiger partial charge in [0.05, 0.1) is 7.29 Å². The minimum absolute atomic E-state index is 0.261. The van der Waals surface area contributed by atoms with E-state index in [1.165, 1.54) is 5.56 Å². The first-order valence-electron chi connectivity index (χ1n) is 9.90. The van der Waals surface area contributed by atoms with Gasteiger partial charge < -0.3 is 4.74 Å². The van der Waals surface area contributed by atoms with Gasteiger partial charge >= 0.3 is 5.97 Å². The van der Waals surface area contributed by atoms with Crippen molar-refractivity contribution in [2.45, 2.75) is 33.1 Å². The van der Waals surface area contributed by atoms with E-state index in [9.17, 15) is 4.79 Å². The van der Waals surface area contributed by atoms with E-state index in [1.807, 2.05) is 43.3 Å². The van der Waals surface area contributed by atoms with E-state index in [0.717, 1.165) is 23.1 Å². The average Bonchev–Trinajstić information content (AvgIpc) is 2.69. The van der Waals surface area contributed by atoms with Crippen molar-refractivity contribution in [1.29, 1.82) is 0 Å². The van der Waals surface area contributed by atoms with Gasteiger partial charge in [-0.3, -0.25) is 4.79 Å². The molecule has 0 aliphatic carbocycles. The van der Waals surface area contributed by atoms with E-state index in [0.29, 0.717) is 17.7 Å². The van der Waals surface area contributed by atoms with Gasteiger partial charge in [0.1, 0.15) is 5.75 Å². The summed E-state index contributed by atoms with van der Waals surface area (Å²) in [6.07, 6.45) is 1.04. The molecule has 1 unspecified atom stereocenters. The normalized spacial score (nSPS) is 12.5. The van der Waals surface area contributed by atoms with Gasteiger partial charge in [-0.2, -0.15) is 0 Å². The van der Waals surface area contributed by atoms with E-state index in [1.54, 1.807) is 24.3 Å². The quantitative estimate of drug-likeness (QED) is 0.383. The zero-order valence-electron chi connectivity index (χ0n) is 17.1. The van der Waals surface area contributed by atoms with Crippen LogP contribution in [0, 0.1) is 5.92 Å². The van der Waals surface area contributed by atoms with Crippen molar-refractivity contribution in [3.8, 4) is 16.9 Å². The fourth-order valence-corrected chi connectivity index (χ4v) is 3.05. The van der Waals surface area contributed by atoms with Crippen molar-refractivity contribution in [2.24, 2.45) is 5.92 Å². The van der Waals surface area contributed by atoms with E-state index in [2.05, 4.69) is 26.0 Å². The molecule has 0 bridgehead atoms. The number of carbonyl (C=O) groups excluding carboxylic acids is 1. The molecule has 3 aromatic rings. The van der Waals surface area contributed by atoms with Crippen LogP contribution in [0.5, 0.6) is 5.75 Å². The first-order valence-corrected chi connectivity index (χ1v) is 9.40. The topological polar surface area (TPSA) is 26.3 Å². The lowest BCUT2D eigenvalue weighted by Gasteiger charge is -2.13. The van der Waals surface area contributed by atoms with Crippen LogP contribution in [-0.4, -0.2) is 5.97 Å². The Kier molecular flexibility index (Phi) is 5.64. The Morgan fingerprint density at radius 3 is 2.07 bits per heavy atom. The molecule has 138 valence electrons. The molecular weight excluding hydrogens is 332 g/mol. The third kappa shape index (κ3) is 5.07. The third-order valence-corrected chi connectivity index (χ3v) is 4.60. The van der Waals surface area contributed by atoms with Gasteiger partial charge in [0.25, 0.3) is 0 Å². The second kappa shape index (κ2) is 8.68. The highest BCUT2D eigenvalue weighted by atomic mass is 16.5. The standard InChI is InChI=1S/C25H26O2/c1-18(2)17-20-9-11-21(12-10-20)19(3)25(26)27-24-15-13-23(14-16-24)22-7-5-4-6-8-22/h4-16,18-19H,17H2,1-3H3/i4D. The fourth-order valence-electron chi connectivity index (χ4n) is 3.05. The van der Waals surface area contributed by atoms with Crippen molar-refractivity contribution in [3.05, 3.63) is 90.0 Å². The average molecular weight is 359 g/mol. The molecule has 0 amide bonds. The van der Waals surface area contributed by atoms with Crippen molar-refractivity contribution < 1.29 is 10.9 Å². The van der Waals surface area contributed by atoms with E-state index < -0.39 is 0 Å². The SMILES string of the molecule is [2H]c1ccc(-c2ccc(OC(=O)C(C)c3ccc(CC(C)C)cc3)cc2)cc1. The van der Waals surface area contributed by atoms with E-state index in [-0.39, 0.29) is 11.9 Å². The minimum Gasteiger partial charge on any atom is -0.426 e. The molecule has 0 aromatic heterocycles. The summed E-state index contributed by atoms with van der Waals surface area (Å²) in [5, 5.41) is 0. The maximum atomic E-state index is 12.5. The van der Waals surface area contributed by atoms with Crippen LogP contribution in [0.3, 0.4) is 0 Å². The molecule has 0 radical (unpaired) electrons. The maximum absolute atomic E-state index is 12.5. The van der Waals surface area contributed by atoms with Crippen LogP contribution in [0.4, 0.5) is 0 Å². The molecule has 0 aliphatic heterocycles. The smallest absolute Gasteiger partial charge is 0.318 e. The Labute approximate surface area is 163 Å². The van der Waals surface area contributed by atoms with Crippen LogP contribution in [0.1, 0.15) is 39.2 Å². The molecule has 27 heavy (non-hydrogen) atoms. The molecule has 0 spiro atoms. The first kappa shape index (κ1) is 17.5. The summed E-state index contributed by atoms with van der Waals surface area (Å²) in [7, 11) is 0. The number of hydrogen-bond donors (Lipinski definition) is 0. The van der Waals surface area contributed by atoms with Crippen LogP contribution in [0.15, 0.2) is 78.8 Å². The zero-order chi connectivity index (χ0) is 20.1. The van der Waals surface area contributed by atoms with Gasteiger partial charge in [-0.05, 0) is 53.6 Å². The Morgan fingerprint density at radius 1 is 0.889 bits per heavy atom. The van der Waals surface area contributed by atoms with Gasteiger partial charge in [0, 0.05) is 0 Å². The molecule has 2 heteroatoms. The Bertz CT molecular complexity index is 910. The van der Waals surface area contributed by atoms with Crippen LogP contribution >= 0.6 is 0 Å². The summed E-state index contributed by atoms with van der Waals surface area (Å²) < 4.78 is 13.1. The van der Waals surface area contributed by atoms with E-state index >= 15 is 0 Å². The second-order valence-electron chi connectivity index (χ2n) is 7.30. The fraction of sp³-hybridized carbons (Fsp3) is 0.240. The molecule has 0 aliphatic rings. The monoisotopic (exact) mass is 359 g/mol. The highest BCUT2D eigenvalue weighted by Crippen LogP contribution is 2.24. The molecular formula is C25H26O2. The largest absolute Gasteiger partial charge is 0.426 e. The van der Waals surface area contributed by atoms with Crippen molar-refractivity contribution in [3.63, 3.8) is 0 Å². The van der Waals surface area contributed by atoms with Gasteiger partial charge in [-0.25, -0.2) is 0 Å². The maximum Gasteiger partial charge on any atom is 0.318 e. The molecule has 0 heterocycles. The number of ether oxygens (including phenoxy) is 1. The first-order chi connectivity index (χ1) is 13.4. The lowest BCUT2D eigenvalue weighted by atomic mass is 9.97. The molecule has 1 atom stereocenters. The summed E-state index contributed by atoms with van der Waals surface area (Å²) >= 11 is 0. The highest BCUT2D eigenvalue weighted by Gasteiger charge is 2.17. The molecule has 0 saturated carbocycles. The third-order valence-electron chi connectivity index (χ3n) is 4.60. The molecule has 0 fully saturated rings. The Balaban J connectivity index is 1.64. The number of benzene rings is 3. The Morgan fingerprint density at radius 2 is 1.48 bits per heavy atom. The number of esters is 1. The predicted octanol–water partition coefficient (Wildman–Crippen LogP) is 6.26. The molecule has 3 aromatic carbocycles. The van der Waals surface area contributed by atoms with Crippen LogP contribution in [0.2, 0.25) is 0 Å². The molecule has 0 saturated heterocycles.